The quantitative estimate of drug-likeness (QED) is 0.625. The molecular formula is C16H16N2O6. The lowest BCUT2D eigenvalue weighted by Gasteiger charge is -2.10. The maximum absolute atomic E-state index is 12.0. The van der Waals surface area contributed by atoms with Gasteiger partial charge in [-0.1, -0.05) is 0 Å². The molecule has 0 radical (unpaired) electrons. The van der Waals surface area contributed by atoms with Crippen molar-refractivity contribution in [3.63, 3.8) is 0 Å². The molecule has 0 aromatic heterocycles. The highest BCUT2D eigenvalue weighted by atomic mass is 16.5. The first-order valence-electron chi connectivity index (χ1n) is 6.81. The molecule has 4 N–H and O–H groups in total. The molecule has 0 fully saturated rings. The Morgan fingerprint density at radius 3 is 1.46 bits per heavy atom. The van der Waals surface area contributed by atoms with E-state index in [1.807, 2.05) is 0 Å². The zero-order chi connectivity index (χ0) is 17.7. The molecular weight excluding hydrogens is 316 g/mol. The van der Waals surface area contributed by atoms with E-state index < -0.39 is 11.8 Å². The van der Waals surface area contributed by atoms with Gasteiger partial charge < -0.3 is 19.7 Å². The number of carbonyl (C=O) groups is 2. The summed E-state index contributed by atoms with van der Waals surface area (Å²) < 4.78 is 9.84. The van der Waals surface area contributed by atoms with E-state index >= 15 is 0 Å². The molecule has 0 unspecified atom stereocenters. The third kappa shape index (κ3) is 3.67. The van der Waals surface area contributed by atoms with Crippen LogP contribution >= 0.6 is 0 Å². The van der Waals surface area contributed by atoms with E-state index in [0.29, 0.717) is 11.5 Å². The molecule has 0 saturated carbocycles. The van der Waals surface area contributed by atoms with Gasteiger partial charge in [-0.3, -0.25) is 20.4 Å². The molecule has 0 aliphatic rings. The molecule has 8 nitrogen and oxygen atoms in total. The molecule has 2 amide bonds. The first-order valence-corrected chi connectivity index (χ1v) is 6.81. The summed E-state index contributed by atoms with van der Waals surface area (Å²) in [4.78, 5) is 24.0. The molecule has 126 valence electrons. The minimum absolute atomic E-state index is 0.0462. The van der Waals surface area contributed by atoms with Gasteiger partial charge in [0.25, 0.3) is 11.8 Å². The third-order valence-corrected chi connectivity index (χ3v) is 3.19. The summed E-state index contributed by atoms with van der Waals surface area (Å²) in [6, 6.07) is 8.22. The van der Waals surface area contributed by atoms with Crippen molar-refractivity contribution in [3.05, 3.63) is 47.5 Å². The number of phenolic OH excluding ortho intramolecular Hbond substituents is 2. The number of aromatic hydroxyl groups is 2. The van der Waals surface area contributed by atoms with E-state index in [1.165, 1.54) is 50.6 Å². The number of nitrogens with one attached hydrogen (secondary N) is 2. The highest BCUT2D eigenvalue weighted by Gasteiger charge is 2.15. The van der Waals surface area contributed by atoms with Crippen molar-refractivity contribution in [3.8, 4) is 23.0 Å². The average molecular weight is 332 g/mol. The first kappa shape index (κ1) is 16.9. The number of amides is 2. The summed E-state index contributed by atoms with van der Waals surface area (Å²) >= 11 is 0. The maximum Gasteiger partial charge on any atom is 0.273 e. The molecule has 0 aliphatic carbocycles. The lowest BCUT2D eigenvalue weighted by molar-refractivity contribution is 0.0843. The van der Waals surface area contributed by atoms with Gasteiger partial charge in [-0.05, 0) is 24.3 Å². The predicted octanol–water partition coefficient (Wildman–Crippen LogP) is 1.19. The van der Waals surface area contributed by atoms with Crippen LogP contribution < -0.4 is 20.3 Å². The SMILES string of the molecule is COc1ccc(C(=O)NNC(=O)c2ccc(OC)cc2O)c(O)c1. The van der Waals surface area contributed by atoms with Gasteiger partial charge in [0, 0.05) is 12.1 Å². The lowest BCUT2D eigenvalue weighted by Crippen LogP contribution is -2.41. The summed E-state index contributed by atoms with van der Waals surface area (Å²) in [6.07, 6.45) is 0. The van der Waals surface area contributed by atoms with Gasteiger partial charge in [-0.2, -0.15) is 0 Å². The normalized spacial score (nSPS) is 9.92. The number of hydrogen-bond acceptors (Lipinski definition) is 6. The number of methoxy groups -OCH3 is 2. The molecule has 0 heterocycles. The second-order valence-corrected chi connectivity index (χ2v) is 4.67. The molecule has 2 aromatic carbocycles. The minimum Gasteiger partial charge on any atom is -0.507 e. The monoisotopic (exact) mass is 332 g/mol. The van der Waals surface area contributed by atoms with Crippen LogP contribution in [0.1, 0.15) is 20.7 Å². The summed E-state index contributed by atoms with van der Waals surface area (Å²) in [5, 5.41) is 19.5. The number of hydrogen-bond donors (Lipinski definition) is 4. The predicted molar refractivity (Wildman–Crippen MR) is 84.3 cm³/mol. The van der Waals surface area contributed by atoms with Crippen molar-refractivity contribution < 1.29 is 29.3 Å². The van der Waals surface area contributed by atoms with E-state index in [-0.39, 0.29) is 22.6 Å². The fourth-order valence-electron chi connectivity index (χ4n) is 1.91. The average Bonchev–Trinajstić information content (AvgIpc) is 2.58. The van der Waals surface area contributed by atoms with Crippen molar-refractivity contribution in [1.29, 1.82) is 0 Å². The number of hydrazine groups is 1. The molecule has 8 heteroatoms. The maximum atomic E-state index is 12.0. The molecule has 2 rings (SSSR count). The Labute approximate surface area is 137 Å². The van der Waals surface area contributed by atoms with Crippen LogP contribution in [0.4, 0.5) is 0 Å². The Bertz CT molecular complexity index is 710. The van der Waals surface area contributed by atoms with Crippen molar-refractivity contribution in [1.82, 2.24) is 10.9 Å². The molecule has 0 atom stereocenters. The highest BCUT2D eigenvalue weighted by Crippen LogP contribution is 2.24. The van der Waals surface area contributed by atoms with Crippen molar-refractivity contribution in [2.75, 3.05) is 14.2 Å². The van der Waals surface area contributed by atoms with E-state index in [1.54, 1.807) is 0 Å². The largest absolute Gasteiger partial charge is 0.507 e. The van der Waals surface area contributed by atoms with E-state index in [9.17, 15) is 19.8 Å². The fourth-order valence-corrected chi connectivity index (χ4v) is 1.91. The summed E-state index contributed by atoms with van der Waals surface area (Å²) in [5.41, 5.74) is 4.21. The Kier molecular flexibility index (Phi) is 5.10. The van der Waals surface area contributed by atoms with Crippen molar-refractivity contribution in [2.24, 2.45) is 0 Å². The molecule has 0 bridgehead atoms. The number of ether oxygens (including phenoxy) is 2. The second kappa shape index (κ2) is 7.23. The number of benzene rings is 2. The minimum atomic E-state index is -0.725. The number of carbonyl (C=O) groups excluding carboxylic acids is 2. The lowest BCUT2D eigenvalue weighted by atomic mass is 10.1. The van der Waals surface area contributed by atoms with E-state index in [4.69, 9.17) is 9.47 Å². The Hall–Kier alpha value is -3.42. The van der Waals surface area contributed by atoms with Crippen LogP contribution in [0, 0.1) is 0 Å². The summed E-state index contributed by atoms with van der Waals surface area (Å²) in [7, 11) is 2.85. The van der Waals surface area contributed by atoms with Gasteiger partial charge in [-0.25, -0.2) is 0 Å². The Morgan fingerprint density at radius 2 is 1.17 bits per heavy atom. The first-order chi connectivity index (χ1) is 11.5. The zero-order valence-electron chi connectivity index (χ0n) is 13.0. The van der Waals surface area contributed by atoms with E-state index in [0.717, 1.165) is 0 Å². The van der Waals surface area contributed by atoms with Crippen LogP contribution in [0.5, 0.6) is 23.0 Å². The van der Waals surface area contributed by atoms with Gasteiger partial charge in [0.05, 0.1) is 25.3 Å². The third-order valence-electron chi connectivity index (χ3n) is 3.19. The van der Waals surface area contributed by atoms with Crippen LogP contribution in [0.2, 0.25) is 0 Å². The topological polar surface area (TPSA) is 117 Å². The Balaban J connectivity index is 2.05. The molecule has 24 heavy (non-hydrogen) atoms. The summed E-state index contributed by atoms with van der Waals surface area (Å²) in [5.74, 6) is -1.28. The van der Waals surface area contributed by atoms with Crippen molar-refractivity contribution in [2.45, 2.75) is 0 Å². The van der Waals surface area contributed by atoms with Gasteiger partial charge in [0.15, 0.2) is 0 Å². The van der Waals surface area contributed by atoms with Crippen LogP contribution in [0.15, 0.2) is 36.4 Å². The van der Waals surface area contributed by atoms with Gasteiger partial charge in [0.2, 0.25) is 0 Å². The van der Waals surface area contributed by atoms with Crippen LogP contribution in [0.3, 0.4) is 0 Å². The second-order valence-electron chi connectivity index (χ2n) is 4.67. The molecule has 2 aromatic rings. The molecule has 0 saturated heterocycles. The standard InChI is InChI=1S/C16H16N2O6/c1-23-9-3-5-11(13(19)7-9)15(21)17-18-16(22)12-6-4-10(24-2)8-14(12)20/h3-8,19-20H,1-2H3,(H,17,21)(H,18,22). The van der Waals surface area contributed by atoms with Crippen LogP contribution in [-0.2, 0) is 0 Å². The summed E-state index contributed by atoms with van der Waals surface area (Å²) in [6.45, 7) is 0. The van der Waals surface area contributed by atoms with Gasteiger partial charge in [-0.15, -0.1) is 0 Å². The van der Waals surface area contributed by atoms with Gasteiger partial charge >= 0.3 is 0 Å². The van der Waals surface area contributed by atoms with Crippen molar-refractivity contribution >= 4 is 11.8 Å². The molecule has 0 aliphatic heterocycles. The highest BCUT2D eigenvalue weighted by molar-refractivity contribution is 6.01. The van der Waals surface area contributed by atoms with E-state index in [2.05, 4.69) is 10.9 Å². The van der Waals surface area contributed by atoms with Crippen LogP contribution in [-0.4, -0.2) is 36.2 Å². The zero-order valence-corrected chi connectivity index (χ0v) is 13.0. The fraction of sp³-hybridized carbons (Fsp3) is 0.125. The number of rotatable bonds is 4. The molecule has 0 spiro atoms. The smallest absolute Gasteiger partial charge is 0.273 e. The Morgan fingerprint density at radius 1 is 0.792 bits per heavy atom. The van der Waals surface area contributed by atoms with Gasteiger partial charge in [0.1, 0.15) is 23.0 Å². The van der Waals surface area contributed by atoms with Crippen LogP contribution in [0.25, 0.3) is 0 Å². The number of phenols is 2.